The number of nitrogens with one attached hydrogen (secondary N) is 1. The molecule has 0 aliphatic carbocycles. The molecule has 166 valence electrons. The van der Waals surface area contributed by atoms with Crippen molar-refractivity contribution in [3.8, 4) is 11.3 Å². The lowest BCUT2D eigenvalue weighted by Gasteiger charge is -2.22. The molecule has 1 aliphatic rings. The molecule has 1 aromatic carbocycles. The molecule has 5 heterocycles. The fourth-order valence-electron chi connectivity index (χ4n) is 4.20. The normalized spacial score (nSPS) is 14.8. The number of fused-ring (bicyclic) bond motifs is 2. The van der Waals surface area contributed by atoms with Gasteiger partial charge in [0.1, 0.15) is 0 Å². The fourth-order valence-corrected chi connectivity index (χ4v) is 5.06. The molecule has 33 heavy (non-hydrogen) atoms. The second-order valence-corrected chi connectivity index (χ2v) is 9.28. The van der Waals surface area contributed by atoms with Gasteiger partial charge in [-0.25, -0.2) is 0 Å². The van der Waals surface area contributed by atoms with E-state index in [4.69, 9.17) is 4.98 Å². The van der Waals surface area contributed by atoms with E-state index < -0.39 is 0 Å². The van der Waals surface area contributed by atoms with E-state index in [2.05, 4.69) is 49.8 Å². The van der Waals surface area contributed by atoms with E-state index in [1.165, 1.54) is 5.69 Å². The van der Waals surface area contributed by atoms with Gasteiger partial charge in [-0.05, 0) is 67.2 Å². The molecule has 1 saturated heterocycles. The van der Waals surface area contributed by atoms with E-state index >= 15 is 0 Å². The van der Waals surface area contributed by atoms with Crippen LogP contribution < -0.4 is 10.2 Å². The van der Waals surface area contributed by atoms with E-state index in [1.807, 2.05) is 48.2 Å². The van der Waals surface area contributed by atoms with Crippen molar-refractivity contribution >= 4 is 34.0 Å². The first-order valence-corrected chi connectivity index (χ1v) is 11.9. The average Bonchev–Trinajstić information content (AvgIpc) is 3.34. The Morgan fingerprint density at radius 3 is 2.88 bits per heavy atom. The van der Waals surface area contributed by atoms with Crippen LogP contribution in [0.4, 0.5) is 5.69 Å². The maximum atomic E-state index is 4.71. The molecule has 0 radical (unpaired) electrons. The lowest BCUT2D eigenvalue weighted by molar-refractivity contribution is 0.724. The van der Waals surface area contributed by atoms with Crippen LogP contribution in [0.3, 0.4) is 0 Å². The summed E-state index contributed by atoms with van der Waals surface area (Å²) >= 11 is 1.60. The van der Waals surface area contributed by atoms with E-state index in [-0.39, 0.29) is 0 Å². The highest BCUT2D eigenvalue weighted by Crippen LogP contribution is 2.31. The van der Waals surface area contributed by atoms with Crippen molar-refractivity contribution in [3.63, 3.8) is 0 Å². The fraction of sp³-hybridized carbons (Fsp3) is 0.250. The Balaban J connectivity index is 1.31. The molecule has 9 heteroatoms. The summed E-state index contributed by atoms with van der Waals surface area (Å²) in [5.41, 5.74) is 4.96. The van der Waals surface area contributed by atoms with Crippen molar-refractivity contribution in [2.45, 2.75) is 16.5 Å². The monoisotopic (exact) mass is 456 g/mol. The first kappa shape index (κ1) is 20.2. The minimum Gasteiger partial charge on any atom is -0.369 e. The molecule has 6 rings (SSSR count). The molecule has 0 atom stereocenters. The molecule has 0 amide bonds. The predicted octanol–water partition coefficient (Wildman–Crippen LogP) is 3.63. The quantitative estimate of drug-likeness (QED) is 0.443. The van der Waals surface area contributed by atoms with E-state index in [0.29, 0.717) is 0 Å². The van der Waals surface area contributed by atoms with Gasteiger partial charge in [-0.1, -0.05) is 0 Å². The molecule has 1 N–H and O–H groups in total. The van der Waals surface area contributed by atoms with E-state index in [1.54, 1.807) is 16.4 Å². The Labute approximate surface area is 195 Å². The van der Waals surface area contributed by atoms with Gasteiger partial charge in [0.15, 0.2) is 10.8 Å². The number of aryl methyl sites for hydroxylation is 1. The lowest BCUT2D eigenvalue weighted by Crippen LogP contribution is -2.27. The smallest absolute Gasteiger partial charge is 0.200 e. The zero-order valence-corrected chi connectivity index (χ0v) is 19.2. The summed E-state index contributed by atoms with van der Waals surface area (Å²) in [4.78, 5) is 8.23. The Bertz CT molecular complexity index is 1430. The molecule has 0 unspecified atom stereocenters. The second kappa shape index (κ2) is 8.49. The Morgan fingerprint density at radius 1 is 1.00 bits per heavy atom. The third-order valence-electron chi connectivity index (χ3n) is 5.93. The highest BCUT2D eigenvalue weighted by molar-refractivity contribution is 7.99. The number of nitrogens with zero attached hydrogens (tertiary/aromatic N) is 7. The molecule has 4 aromatic heterocycles. The van der Waals surface area contributed by atoms with Gasteiger partial charge in [0.25, 0.3) is 0 Å². The number of benzene rings is 1. The number of anilines is 1. The van der Waals surface area contributed by atoms with E-state index in [0.717, 1.165) is 70.5 Å². The van der Waals surface area contributed by atoms with Crippen LogP contribution in [-0.4, -0.2) is 55.5 Å². The summed E-state index contributed by atoms with van der Waals surface area (Å²) in [6.45, 7) is 4.14. The third kappa shape index (κ3) is 4.05. The van der Waals surface area contributed by atoms with Gasteiger partial charge in [0, 0.05) is 54.9 Å². The zero-order valence-electron chi connectivity index (χ0n) is 18.3. The first-order chi connectivity index (χ1) is 16.2. The van der Waals surface area contributed by atoms with Crippen molar-refractivity contribution in [1.29, 1.82) is 0 Å². The molecule has 1 aliphatic heterocycles. The van der Waals surface area contributed by atoms with Crippen LogP contribution >= 0.6 is 11.8 Å². The number of hydrogen-bond donors (Lipinski definition) is 1. The number of pyridine rings is 2. The molecule has 0 saturated carbocycles. The van der Waals surface area contributed by atoms with Gasteiger partial charge in [0.05, 0.1) is 23.1 Å². The Morgan fingerprint density at radius 2 is 1.97 bits per heavy atom. The predicted molar refractivity (Wildman–Crippen MR) is 131 cm³/mol. The Hall–Kier alpha value is -3.43. The summed E-state index contributed by atoms with van der Waals surface area (Å²) in [5, 5.41) is 18.7. The molecule has 8 nitrogen and oxygen atoms in total. The van der Waals surface area contributed by atoms with Crippen molar-refractivity contribution in [2.75, 3.05) is 31.1 Å². The lowest BCUT2D eigenvalue weighted by atomic mass is 10.2. The number of hydrogen-bond acceptors (Lipinski definition) is 7. The zero-order chi connectivity index (χ0) is 22.2. The van der Waals surface area contributed by atoms with Gasteiger partial charge in [0.2, 0.25) is 0 Å². The van der Waals surface area contributed by atoms with E-state index in [9.17, 15) is 0 Å². The summed E-state index contributed by atoms with van der Waals surface area (Å²) in [6, 6.07) is 14.6. The van der Waals surface area contributed by atoms with Gasteiger partial charge < -0.3 is 10.2 Å². The molecular formula is C24H24N8S. The van der Waals surface area contributed by atoms with Gasteiger partial charge in [-0.3, -0.25) is 14.1 Å². The Kier molecular flexibility index (Phi) is 5.20. The summed E-state index contributed by atoms with van der Waals surface area (Å²) in [7, 11) is 1.92. The average molecular weight is 457 g/mol. The largest absolute Gasteiger partial charge is 0.369 e. The summed E-state index contributed by atoms with van der Waals surface area (Å²) in [6.07, 6.45) is 7.13. The van der Waals surface area contributed by atoms with Crippen molar-refractivity contribution < 1.29 is 0 Å². The minimum absolute atomic E-state index is 0.816. The number of aromatic nitrogens is 6. The maximum Gasteiger partial charge on any atom is 0.200 e. The van der Waals surface area contributed by atoms with Crippen LogP contribution in [0, 0.1) is 0 Å². The third-order valence-corrected chi connectivity index (χ3v) is 6.88. The van der Waals surface area contributed by atoms with Crippen molar-refractivity contribution in [3.05, 3.63) is 61.1 Å². The van der Waals surface area contributed by atoms with Crippen LogP contribution in [0.25, 0.3) is 27.8 Å². The molecule has 1 fully saturated rings. The van der Waals surface area contributed by atoms with Gasteiger partial charge in [-0.2, -0.15) is 5.10 Å². The summed E-state index contributed by atoms with van der Waals surface area (Å²) < 4.78 is 3.83. The standard InChI is InChI=1S/C24H24N8S/c1-30-11-7-22(29-30)17-3-6-23-27-28-24(32(23)16-17)33-20-4-5-21-18(14-20)13-19(15-26-21)31-10-2-8-25-9-12-31/h3-7,11,13-16,25H,2,8-10,12H2,1H3. The van der Waals surface area contributed by atoms with Crippen LogP contribution in [0.2, 0.25) is 0 Å². The highest BCUT2D eigenvalue weighted by atomic mass is 32.2. The maximum absolute atomic E-state index is 4.71. The molecule has 0 spiro atoms. The second-order valence-electron chi connectivity index (χ2n) is 8.24. The molecule has 5 aromatic rings. The first-order valence-electron chi connectivity index (χ1n) is 11.1. The summed E-state index contributed by atoms with van der Waals surface area (Å²) in [5.74, 6) is 0. The highest BCUT2D eigenvalue weighted by Gasteiger charge is 2.13. The van der Waals surface area contributed by atoms with Gasteiger partial charge >= 0.3 is 0 Å². The van der Waals surface area contributed by atoms with Crippen molar-refractivity contribution in [1.82, 2.24) is 34.7 Å². The number of rotatable bonds is 4. The topological polar surface area (TPSA) is 76.2 Å². The minimum atomic E-state index is 0.816. The van der Waals surface area contributed by atoms with Gasteiger partial charge in [-0.15, -0.1) is 10.2 Å². The van der Waals surface area contributed by atoms with Crippen molar-refractivity contribution in [2.24, 2.45) is 7.05 Å². The van der Waals surface area contributed by atoms with Crippen LogP contribution in [0.1, 0.15) is 6.42 Å². The van der Waals surface area contributed by atoms with Crippen LogP contribution in [0.15, 0.2) is 71.1 Å². The van der Waals surface area contributed by atoms with Crippen LogP contribution in [0.5, 0.6) is 0 Å². The SMILES string of the molecule is Cn1ccc(-c2ccc3nnc(Sc4ccc5ncc(N6CCCNCC6)cc5c4)n3c2)n1. The molecule has 0 bridgehead atoms. The van der Waals surface area contributed by atoms with Crippen LogP contribution in [-0.2, 0) is 7.05 Å². The molecular weight excluding hydrogens is 432 g/mol.